The molecule has 1 aromatic heterocycles. The van der Waals surface area contributed by atoms with Crippen LogP contribution in [-0.2, 0) is 15.1 Å². The zero-order chi connectivity index (χ0) is 16.7. The van der Waals surface area contributed by atoms with E-state index in [4.69, 9.17) is 4.74 Å². The fraction of sp³-hybridized carbons (Fsp3) is 0.737. The second kappa shape index (κ2) is 6.43. The number of rotatable bonds is 4. The van der Waals surface area contributed by atoms with E-state index in [0.717, 1.165) is 49.8 Å². The number of fused-ring (bicyclic) bond motifs is 2. The van der Waals surface area contributed by atoms with E-state index < -0.39 is 11.6 Å². The van der Waals surface area contributed by atoms with E-state index in [2.05, 4.69) is 11.9 Å². The number of hydrogen-bond donors (Lipinski definition) is 1. The van der Waals surface area contributed by atoms with E-state index in [9.17, 15) is 9.90 Å². The highest BCUT2D eigenvalue weighted by Gasteiger charge is 2.51. The highest BCUT2D eigenvalue weighted by atomic mass is 32.1. The highest BCUT2D eigenvalue weighted by molar-refractivity contribution is 7.10. The van der Waals surface area contributed by atoms with Crippen molar-refractivity contribution in [1.29, 1.82) is 0 Å². The Morgan fingerprint density at radius 1 is 1.25 bits per heavy atom. The third-order valence-corrected chi connectivity index (χ3v) is 7.52. The van der Waals surface area contributed by atoms with Crippen molar-refractivity contribution < 1.29 is 14.6 Å². The lowest BCUT2D eigenvalue weighted by Crippen LogP contribution is -2.50. The van der Waals surface area contributed by atoms with Crippen LogP contribution in [0.25, 0.3) is 0 Å². The fourth-order valence-electron chi connectivity index (χ4n) is 5.06. The molecule has 3 aliphatic rings. The van der Waals surface area contributed by atoms with Crippen LogP contribution in [0.2, 0.25) is 0 Å². The van der Waals surface area contributed by atoms with Gasteiger partial charge in [-0.05, 0) is 57.0 Å². The Labute approximate surface area is 147 Å². The highest BCUT2D eigenvalue weighted by Crippen LogP contribution is 2.44. The number of hydrogen-bond acceptors (Lipinski definition) is 5. The van der Waals surface area contributed by atoms with Gasteiger partial charge in [0.15, 0.2) is 5.60 Å². The number of nitrogens with zero attached hydrogens (tertiary/aromatic N) is 1. The molecule has 24 heavy (non-hydrogen) atoms. The van der Waals surface area contributed by atoms with E-state index in [0.29, 0.717) is 12.1 Å². The van der Waals surface area contributed by atoms with Crippen LogP contribution in [0.4, 0.5) is 0 Å². The average Bonchev–Trinajstić information content (AvgIpc) is 3.31. The van der Waals surface area contributed by atoms with Crippen molar-refractivity contribution in [3.05, 3.63) is 22.4 Å². The molecule has 2 aliphatic heterocycles. The molecule has 2 saturated heterocycles. The molecule has 1 aliphatic carbocycles. The normalized spacial score (nSPS) is 33.5. The van der Waals surface area contributed by atoms with Gasteiger partial charge >= 0.3 is 5.97 Å². The van der Waals surface area contributed by atoms with E-state index in [-0.39, 0.29) is 12.0 Å². The summed E-state index contributed by atoms with van der Waals surface area (Å²) >= 11 is 1.46. The van der Waals surface area contributed by atoms with Crippen LogP contribution in [0.1, 0.15) is 56.2 Å². The van der Waals surface area contributed by atoms with Crippen molar-refractivity contribution in [3.63, 3.8) is 0 Å². The van der Waals surface area contributed by atoms with Gasteiger partial charge in [-0.1, -0.05) is 18.9 Å². The second-order valence-electron chi connectivity index (χ2n) is 7.71. The molecule has 5 heteroatoms. The average molecular weight is 349 g/mol. The van der Waals surface area contributed by atoms with Gasteiger partial charge in [0.05, 0.1) is 0 Å². The van der Waals surface area contributed by atoms with Gasteiger partial charge in [-0.25, -0.2) is 4.79 Å². The van der Waals surface area contributed by atoms with Gasteiger partial charge in [-0.2, -0.15) is 0 Å². The zero-order valence-electron chi connectivity index (χ0n) is 14.3. The van der Waals surface area contributed by atoms with E-state index in [1.54, 1.807) is 0 Å². The first-order valence-corrected chi connectivity index (χ1v) is 10.2. The van der Waals surface area contributed by atoms with Crippen LogP contribution in [0.5, 0.6) is 0 Å². The number of piperidine rings is 1. The smallest absolute Gasteiger partial charge is 0.344 e. The predicted molar refractivity (Wildman–Crippen MR) is 93.9 cm³/mol. The summed E-state index contributed by atoms with van der Waals surface area (Å²) in [6, 6.07) is 4.76. The molecular weight excluding hydrogens is 322 g/mol. The summed E-state index contributed by atoms with van der Waals surface area (Å²) in [4.78, 5) is 16.2. The summed E-state index contributed by atoms with van der Waals surface area (Å²) in [5.74, 6) is -0.429. The molecule has 0 unspecified atom stereocenters. The van der Waals surface area contributed by atoms with Gasteiger partial charge in [0, 0.05) is 22.9 Å². The van der Waals surface area contributed by atoms with Gasteiger partial charge in [-0.15, -0.1) is 11.3 Å². The molecule has 2 bridgehead atoms. The minimum absolute atomic E-state index is 0.0127. The topological polar surface area (TPSA) is 49.8 Å². The quantitative estimate of drug-likeness (QED) is 0.848. The van der Waals surface area contributed by atoms with Gasteiger partial charge in [0.25, 0.3) is 0 Å². The Kier molecular flexibility index (Phi) is 4.43. The standard InChI is InChI=1S/C19H27NO3S/c1-20-14-8-10-15(20)16(11-9-14)23-18(21)19(22,13-5-2-3-6-13)17-7-4-12-24-17/h4,7,12-16,22H,2-3,5-6,8-11H2,1H3/t14-,15-,16+,19-/m0/s1. The Morgan fingerprint density at radius 2 is 2.00 bits per heavy atom. The Balaban J connectivity index is 1.56. The summed E-state index contributed by atoms with van der Waals surface area (Å²) in [5.41, 5.74) is -1.46. The molecule has 0 spiro atoms. The predicted octanol–water partition coefficient (Wildman–Crippen LogP) is 3.29. The maximum Gasteiger partial charge on any atom is 0.344 e. The minimum atomic E-state index is -1.46. The van der Waals surface area contributed by atoms with Crippen LogP contribution >= 0.6 is 11.3 Å². The van der Waals surface area contributed by atoms with Crippen LogP contribution in [0, 0.1) is 5.92 Å². The van der Waals surface area contributed by atoms with Crippen LogP contribution in [-0.4, -0.2) is 41.2 Å². The monoisotopic (exact) mass is 349 g/mol. The molecule has 132 valence electrons. The zero-order valence-corrected chi connectivity index (χ0v) is 15.1. The lowest BCUT2D eigenvalue weighted by molar-refractivity contribution is -0.183. The fourth-order valence-corrected chi connectivity index (χ4v) is 5.95. The number of carbonyl (C=O) groups is 1. The minimum Gasteiger partial charge on any atom is -0.458 e. The van der Waals surface area contributed by atoms with Gasteiger partial charge in [-0.3, -0.25) is 4.90 Å². The summed E-state index contributed by atoms with van der Waals surface area (Å²) in [5, 5.41) is 13.4. The number of esters is 1. The molecule has 4 atom stereocenters. The van der Waals surface area contributed by atoms with Crippen molar-refractivity contribution in [2.75, 3.05) is 7.05 Å². The van der Waals surface area contributed by atoms with Crippen molar-refractivity contribution in [2.45, 2.75) is 75.2 Å². The summed E-state index contributed by atoms with van der Waals surface area (Å²) in [6.07, 6.45) is 8.22. The van der Waals surface area contributed by atoms with E-state index in [1.807, 2.05) is 17.5 Å². The molecule has 1 saturated carbocycles. The van der Waals surface area contributed by atoms with Crippen molar-refractivity contribution in [3.8, 4) is 0 Å². The largest absolute Gasteiger partial charge is 0.458 e. The molecule has 3 fully saturated rings. The Bertz CT molecular complexity index is 583. The number of carbonyl (C=O) groups excluding carboxylic acids is 1. The lowest BCUT2D eigenvalue weighted by Gasteiger charge is -2.39. The molecule has 4 rings (SSSR count). The van der Waals surface area contributed by atoms with Crippen molar-refractivity contribution in [1.82, 2.24) is 4.90 Å². The molecule has 0 aromatic carbocycles. The van der Waals surface area contributed by atoms with Gasteiger partial charge in [0.1, 0.15) is 6.10 Å². The number of ether oxygens (including phenoxy) is 1. The summed E-state index contributed by atoms with van der Waals surface area (Å²) in [6.45, 7) is 0. The van der Waals surface area contributed by atoms with Gasteiger partial charge in [0.2, 0.25) is 0 Å². The Hall–Kier alpha value is -0.910. The van der Waals surface area contributed by atoms with Crippen LogP contribution in [0.15, 0.2) is 17.5 Å². The maximum atomic E-state index is 13.1. The van der Waals surface area contributed by atoms with Crippen LogP contribution < -0.4 is 0 Å². The molecule has 1 N–H and O–H groups in total. The lowest BCUT2D eigenvalue weighted by atomic mass is 9.84. The van der Waals surface area contributed by atoms with Crippen molar-refractivity contribution in [2.24, 2.45) is 5.92 Å². The molecule has 0 amide bonds. The van der Waals surface area contributed by atoms with Crippen molar-refractivity contribution >= 4 is 17.3 Å². The molecular formula is C19H27NO3S. The number of aliphatic hydroxyl groups is 1. The third kappa shape index (κ3) is 2.61. The summed E-state index contributed by atoms with van der Waals surface area (Å²) < 4.78 is 5.97. The van der Waals surface area contributed by atoms with Gasteiger partial charge < -0.3 is 9.84 Å². The number of likely N-dealkylation sites (N-methyl/N-ethyl adjacent to an activating group) is 1. The van der Waals surface area contributed by atoms with Crippen LogP contribution in [0.3, 0.4) is 0 Å². The molecule has 3 heterocycles. The first kappa shape index (κ1) is 16.6. The molecule has 0 radical (unpaired) electrons. The maximum absolute atomic E-state index is 13.1. The third-order valence-electron chi connectivity index (χ3n) is 6.52. The SMILES string of the molecule is CN1[C@@H]2CC[C@@H](OC(=O)[C@@](O)(c3cccs3)C3CCCC3)[C@@H]1CC2. The first-order chi connectivity index (χ1) is 11.6. The van der Waals surface area contributed by atoms with E-state index in [1.165, 1.54) is 17.8 Å². The Morgan fingerprint density at radius 3 is 2.71 bits per heavy atom. The molecule has 4 nitrogen and oxygen atoms in total. The summed E-state index contributed by atoms with van der Waals surface area (Å²) in [7, 11) is 2.14. The number of thiophene rings is 1. The molecule has 1 aromatic rings. The first-order valence-electron chi connectivity index (χ1n) is 9.30. The van der Waals surface area contributed by atoms with E-state index >= 15 is 0 Å². The second-order valence-corrected chi connectivity index (χ2v) is 8.66.